The molecular weight excluding hydrogens is 325 g/mol. The van der Waals surface area contributed by atoms with Gasteiger partial charge in [-0.2, -0.15) is 0 Å². The Morgan fingerprint density at radius 1 is 1.15 bits per heavy atom. The van der Waals surface area contributed by atoms with Crippen LogP contribution >= 0.6 is 0 Å². The maximum absolute atomic E-state index is 14.6. The van der Waals surface area contributed by atoms with Crippen LogP contribution < -0.4 is 5.73 Å². The van der Waals surface area contributed by atoms with Crippen molar-refractivity contribution >= 4 is 5.91 Å². The van der Waals surface area contributed by atoms with E-state index >= 15 is 0 Å². The summed E-state index contributed by atoms with van der Waals surface area (Å²) in [6, 6.07) is 12.3. The van der Waals surface area contributed by atoms with E-state index in [4.69, 9.17) is 5.73 Å². The summed E-state index contributed by atoms with van der Waals surface area (Å²) in [5, 5.41) is 0. The van der Waals surface area contributed by atoms with E-state index in [0.717, 1.165) is 24.3 Å². The fraction of sp³-hybridized carbons (Fsp3) is 0.435. The third kappa shape index (κ3) is 4.51. The minimum absolute atomic E-state index is 0.242. The van der Waals surface area contributed by atoms with Gasteiger partial charge in [-0.1, -0.05) is 38.1 Å². The first-order chi connectivity index (χ1) is 12.3. The standard InChI is InChI=1S/C23H28FNO/c1-23(2)12-10-16(11-13-23)6-7-17-8-9-20(21(24)14-17)18-4-3-5-19(15-18)22(25)26/h3-5,8-9,14-16H,6-7,10-13H2,1-2H3,(H2,25,26). The first-order valence-electron chi connectivity index (χ1n) is 9.53. The third-order valence-electron chi connectivity index (χ3n) is 5.79. The van der Waals surface area contributed by atoms with Crippen molar-refractivity contribution in [3.63, 3.8) is 0 Å². The van der Waals surface area contributed by atoms with Crippen molar-refractivity contribution in [3.05, 3.63) is 59.4 Å². The second-order valence-electron chi connectivity index (χ2n) is 8.41. The van der Waals surface area contributed by atoms with Crippen molar-refractivity contribution in [3.8, 4) is 11.1 Å². The molecule has 26 heavy (non-hydrogen) atoms. The Balaban J connectivity index is 1.66. The van der Waals surface area contributed by atoms with Crippen LogP contribution in [0.1, 0.15) is 61.9 Å². The highest BCUT2D eigenvalue weighted by Crippen LogP contribution is 2.39. The van der Waals surface area contributed by atoms with Crippen molar-refractivity contribution in [2.75, 3.05) is 0 Å². The van der Waals surface area contributed by atoms with Gasteiger partial charge < -0.3 is 5.73 Å². The van der Waals surface area contributed by atoms with Crippen LogP contribution in [0.25, 0.3) is 11.1 Å². The molecule has 0 heterocycles. The number of nitrogens with two attached hydrogens (primary N) is 1. The van der Waals surface area contributed by atoms with Gasteiger partial charge in [0.1, 0.15) is 5.82 Å². The van der Waals surface area contributed by atoms with E-state index in [1.54, 1.807) is 30.3 Å². The van der Waals surface area contributed by atoms with Crippen molar-refractivity contribution < 1.29 is 9.18 Å². The van der Waals surface area contributed by atoms with E-state index in [-0.39, 0.29) is 5.82 Å². The maximum atomic E-state index is 14.6. The smallest absolute Gasteiger partial charge is 0.248 e. The van der Waals surface area contributed by atoms with E-state index in [1.807, 2.05) is 12.1 Å². The Morgan fingerprint density at radius 3 is 2.54 bits per heavy atom. The molecule has 1 fully saturated rings. The van der Waals surface area contributed by atoms with Crippen molar-refractivity contribution in [2.45, 2.75) is 52.4 Å². The Kier molecular flexibility index (Phi) is 5.45. The molecule has 0 saturated heterocycles. The summed E-state index contributed by atoms with van der Waals surface area (Å²) in [7, 11) is 0. The SMILES string of the molecule is CC1(C)CCC(CCc2ccc(-c3cccc(C(N)=O)c3)c(F)c2)CC1. The van der Waals surface area contributed by atoms with Gasteiger partial charge in [0.15, 0.2) is 0 Å². The molecule has 2 aromatic carbocycles. The quantitative estimate of drug-likeness (QED) is 0.732. The molecule has 0 unspecified atom stereocenters. The molecule has 2 N–H and O–H groups in total. The Hall–Kier alpha value is -2.16. The monoisotopic (exact) mass is 353 g/mol. The summed E-state index contributed by atoms with van der Waals surface area (Å²) in [5.74, 6) is 0.0199. The molecule has 1 aliphatic carbocycles. The van der Waals surface area contributed by atoms with E-state index < -0.39 is 5.91 Å². The number of carbonyl (C=O) groups excluding carboxylic acids is 1. The molecule has 0 aliphatic heterocycles. The van der Waals surface area contributed by atoms with Crippen LogP contribution in [0.2, 0.25) is 0 Å². The van der Waals surface area contributed by atoms with Crippen LogP contribution in [0.4, 0.5) is 4.39 Å². The second-order valence-corrected chi connectivity index (χ2v) is 8.41. The average molecular weight is 353 g/mol. The molecule has 0 aromatic heterocycles. The van der Waals surface area contributed by atoms with Gasteiger partial charge >= 0.3 is 0 Å². The van der Waals surface area contributed by atoms with Crippen molar-refractivity contribution in [1.82, 2.24) is 0 Å². The van der Waals surface area contributed by atoms with Crippen LogP contribution in [0.15, 0.2) is 42.5 Å². The molecule has 2 aromatic rings. The molecule has 1 amide bonds. The van der Waals surface area contributed by atoms with Gasteiger partial charge in [-0.05, 0) is 79.2 Å². The van der Waals surface area contributed by atoms with Crippen LogP contribution in [0.3, 0.4) is 0 Å². The highest BCUT2D eigenvalue weighted by molar-refractivity contribution is 5.94. The third-order valence-corrected chi connectivity index (χ3v) is 5.79. The van der Waals surface area contributed by atoms with Crippen LogP contribution in [0, 0.1) is 17.2 Å². The highest BCUT2D eigenvalue weighted by Gasteiger charge is 2.26. The van der Waals surface area contributed by atoms with E-state index in [2.05, 4.69) is 13.8 Å². The first kappa shape index (κ1) is 18.6. The number of hydrogen-bond acceptors (Lipinski definition) is 1. The van der Waals surface area contributed by atoms with Crippen LogP contribution in [-0.4, -0.2) is 5.91 Å². The number of rotatable bonds is 5. The van der Waals surface area contributed by atoms with Crippen molar-refractivity contribution in [1.29, 1.82) is 0 Å². The molecule has 1 saturated carbocycles. The molecule has 0 spiro atoms. The number of halogens is 1. The molecule has 138 valence electrons. The summed E-state index contributed by atoms with van der Waals surface area (Å²) in [6.45, 7) is 4.70. The average Bonchev–Trinajstić information content (AvgIpc) is 2.61. The van der Waals surface area contributed by atoms with E-state index in [0.29, 0.717) is 22.1 Å². The number of carbonyl (C=O) groups is 1. The van der Waals surface area contributed by atoms with Crippen LogP contribution in [-0.2, 0) is 6.42 Å². The zero-order valence-corrected chi connectivity index (χ0v) is 15.7. The lowest BCUT2D eigenvalue weighted by Gasteiger charge is -2.34. The van der Waals surface area contributed by atoms with Gasteiger partial charge in [-0.25, -0.2) is 4.39 Å². The summed E-state index contributed by atoms with van der Waals surface area (Å²) in [5.41, 5.74) is 8.44. The fourth-order valence-electron chi connectivity index (χ4n) is 3.91. The lowest BCUT2D eigenvalue weighted by Crippen LogP contribution is -2.21. The maximum Gasteiger partial charge on any atom is 0.248 e. The largest absolute Gasteiger partial charge is 0.366 e. The Bertz CT molecular complexity index is 787. The zero-order chi connectivity index (χ0) is 18.7. The lowest BCUT2D eigenvalue weighted by molar-refractivity contribution is 0.100. The predicted molar refractivity (Wildman–Crippen MR) is 104 cm³/mol. The van der Waals surface area contributed by atoms with E-state index in [9.17, 15) is 9.18 Å². The molecule has 0 bridgehead atoms. The normalized spacial score (nSPS) is 17.2. The summed E-state index contributed by atoms with van der Waals surface area (Å²) in [6.07, 6.45) is 7.21. The molecular formula is C23H28FNO. The minimum Gasteiger partial charge on any atom is -0.366 e. The Labute approximate surface area is 155 Å². The zero-order valence-electron chi connectivity index (χ0n) is 15.7. The number of amides is 1. The number of aryl methyl sites for hydroxylation is 1. The second kappa shape index (κ2) is 7.61. The lowest BCUT2D eigenvalue weighted by atomic mass is 9.72. The summed E-state index contributed by atoms with van der Waals surface area (Å²) >= 11 is 0. The van der Waals surface area contributed by atoms with Crippen LogP contribution in [0.5, 0.6) is 0 Å². The van der Waals surface area contributed by atoms with Gasteiger partial charge in [-0.15, -0.1) is 0 Å². The summed E-state index contributed by atoms with van der Waals surface area (Å²) in [4.78, 5) is 11.3. The highest BCUT2D eigenvalue weighted by atomic mass is 19.1. The van der Waals surface area contributed by atoms with Gasteiger partial charge in [0.25, 0.3) is 0 Å². The van der Waals surface area contributed by atoms with Gasteiger partial charge in [-0.3, -0.25) is 4.79 Å². The molecule has 3 rings (SSSR count). The van der Waals surface area contributed by atoms with Gasteiger partial charge in [0.2, 0.25) is 5.91 Å². The number of benzene rings is 2. The predicted octanol–water partition coefficient (Wildman–Crippen LogP) is 5.74. The number of primary amides is 1. The molecule has 0 radical (unpaired) electrons. The Morgan fingerprint density at radius 2 is 1.88 bits per heavy atom. The van der Waals surface area contributed by atoms with Crippen molar-refractivity contribution in [2.24, 2.45) is 17.1 Å². The molecule has 0 atom stereocenters. The molecule has 3 heteroatoms. The molecule has 1 aliphatic rings. The first-order valence-corrected chi connectivity index (χ1v) is 9.53. The van der Waals surface area contributed by atoms with Gasteiger partial charge in [0.05, 0.1) is 0 Å². The topological polar surface area (TPSA) is 43.1 Å². The van der Waals surface area contributed by atoms with Gasteiger partial charge in [0, 0.05) is 11.1 Å². The minimum atomic E-state index is -0.500. The number of hydrogen-bond donors (Lipinski definition) is 1. The fourth-order valence-corrected chi connectivity index (χ4v) is 3.91. The van der Waals surface area contributed by atoms with E-state index in [1.165, 1.54) is 25.7 Å². The molecule has 2 nitrogen and oxygen atoms in total. The summed E-state index contributed by atoms with van der Waals surface area (Å²) < 4.78 is 14.6.